The fourth-order valence-corrected chi connectivity index (χ4v) is 2.10. The predicted molar refractivity (Wildman–Crippen MR) is 82.7 cm³/mol. The fraction of sp³-hybridized carbons (Fsp3) is 0.412. The second-order valence-corrected chi connectivity index (χ2v) is 5.08. The zero-order valence-electron chi connectivity index (χ0n) is 12.3. The van der Waals surface area contributed by atoms with Crippen LogP contribution in [0.4, 0.5) is 0 Å². The van der Waals surface area contributed by atoms with Crippen LogP contribution in [0.1, 0.15) is 37.7 Å². The van der Waals surface area contributed by atoms with Crippen molar-refractivity contribution < 1.29 is 14.7 Å². The van der Waals surface area contributed by atoms with Crippen LogP contribution in [0, 0.1) is 5.92 Å². The van der Waals surface area contributed by atoms with E-state index in [1.54, 1.807) is 0 Å². The van der Waals surface area contributed by atoms with Crippen molar-refractivity contribution in [2.45, 2.75) is 38.6 Å². The van der Waals surface area contributed by atoms with E-state index in [4.69, 9.17) is 5.11 Å². The average Bonchev–Trinajstić information content (AvgIpc) is 2.49. The Balaban J connectivity index is 2.21. The van der Waals surface area contributed by atoms with Crippen LogP contribution in [-0.4, -0.2) is 17.0 Å². The van der Waals surface area contributed by atoms with Gasteiger partial charge in [-0.3, -0.25) is 9.59 Å². The van der Waals surface area contributed by atoms with E-state index >= 15 is 0 Å². The minimum atomic E-state index is -0.779. The number of benzene rings is 1. The molecule has 0 spiro atoms. The SMILES string of the molecule is C=CC(CCCC(=O)O)CCC(=O)NCc1ccccc1. The number of carboxylic acid groups (broad SMARTS) is 1. The van der Waals surface area contributed by atoms with E-state index in [0.717, 1.165) is 12.0 Å². The van der Waals surface area contributed by atoms with Crippen LogP contribution in [0.2, 0.25) is 0 Å². The molecule has 0 bridgehead atoms. The standard InChI is InChI=1S/C17H23NO3/c1-2-14(9-6-10-17(20)21)11-12-16(19)18-13-15-7-4-3-5-8-15/h2-5,7-8,14H,1,6,9-13H2,(H,18,19)(H,20,21). The van der Waals surface area contributed by atoms with Crippen LogP contribution in [0.5, 0.6) is 0 Å². The van der Waals surface area contributed by atoms with Gasteiger partial charge in [0.25, 0.3) is 0 Å². The van der Waals surface area contributed by atoms with Gasteiger partial charge in [-0.25, -0.2) is 0 Å². The monoisotopic (exact) mass is 289 g/mol. The number of aliphatic carboxylic acids is 1. The fourth-order valence-electron chi connectivity index (χ4n) is 2.10. The van der Waals surface area contributed by atoms with Crippen LogP contribution in [0.15, 0.2) is 43.0 Å². The Bertz CT molecular complexity index is 456. The lowest BCUT2D eigenvalue weighted by atomic mass is 9.96. The summed E-state index contributed by atoms with van der Waals surface area (Å²) in [6.45, 7) is 4.29. The van der Waals surface area contributed by atoms with Gasteiger partial charge in [0.05, 0.1) is 0 Å². The molecule has 0 heterocycles. The minimum absolute atomic E-state index is 0.0175. The summed E-state index contributed by atoms with van der Waals surface area (Å²) in [6, 6.07) is 9.77. The van der Waals surface area contributed by atoms with Gasteiger partial charge in [-0.15, -0.1) is 6.58 Å². The zero-order chi connectivity index (χ0) is 15.5. The van der Waals surface area contributed by atoms with Crippen molar-refractivity contribution >= 4 is 11.9 Å². The summed E-state index contributed by atoms with van der Waals surface area (Å²) >= 11 is 0. The lowest BCUT2D eigenvalue weighted by molar-refractivity contribution is -0.137. The molecule has 0 saturated heterocycles. The van der Waals surface area contributed by atoms with Gasteiger partial charge in [-0.1, -0.05) is 36.4 Å². The zero-order valence-corrected chi connectivity index (χ0v) is 12.3. The lowest BCUT2D eigenvalue weighted by Gasteiger charge is -2.11. The van der Waals surface area contributed by atoms with Crippen LogP contribution < -0.4 is 5.32 Å². The van der Waals surface area contributed by atoms with Crippen molar-refractivity contribution in [2.75, 3.05) is 0 Å². The van der Waals surface area contributed by atoms with Crippen molar-refractivity contribution in [3.05, 3.63) is 48.6 Å². The van der Waals surface area contributed by atoms with Gasteiger partial charge in [0.1, 0.15) is 0 Å². The van der Waals surface area contributed by atoms with Crippen molar-refractivity contribution in [1.29, 1.82) is 0 Å². The summed E-state index contributed by atoms with van der Waals surface area (Å²) in [6.07, 6.45) is 4.52. The summed E-state index contributed by atoms with van der Waals surface area (Å²) in [4.78, 5) is 22.2. The van der Waals surface area contributed by atoms with Crippen LogP contribution >= 0.6 is 0 Å². The molecule has 4 nitrogen and oxygen atoms in total. The van der Waals surface area contributed by atoms with E-state index in [2.05, 4.69) is 11.9 Å². The van der Waals surface area contributed by atoms with E-state index in [1.165, 1.54) is 0 Å². The second kappa shape index (κ2) is 9.75. The third kappa shape index (κ3) is 7.92. The predicted octanol–water partition coefficient (Wildman–Crippen LogP) is 3.14. The molecule has 0 saturated carbocycles. The first-order valence-electron chi connectivity index (χ1n) is 7.26. The molecular weight excluding hydrogens is 266 g/mol. The first-order chi connectivity index (χ1) is 10.1. The van der Waals surface area contributed by atoms with Gasteiger partial charge in [0.15, 0.2) is 0 Å². The normalized spacial score (nSPS) is 11.6. The first-order valence-corrected chi connectivity index (χ1v) is 7.26. The highest BCUT2D eigenvalue weighted by atomic mass is 16.4. The molecule has 2 N–H and O–H groups in total. The molecule has 21 heavy (non-hydrogen) atoms. The maximum absolute atomic E-state index is 11.8. The van der Waals surface area contributed by atoms with Gasteiger partial charge < -0.3 is 10.4 Å². The number of amides is 1. The molecule has 1 unspecified atom stereocenters. The molecule has 0 aliphatic heterocycles. The molecule has 0 aliphatic rings. The van der Waals surface area contributed by atoms with Crippen LogP contribution in [0.3, 0.4) is 0 Å². The Hall–Kier alpha value is -2.10. The summed E-state index contributed by atoms with van der Waals surface area (Å²) in [5.74, 6) is -0.561. The third-order valence-electron chi connectivity index (χ3n) is 3.37. The first kappa shape index (κ1) is 17.0. The number of rotatable bonds is 10. The van der Waals surface area contributed by atoms with E-state index in [0.29, 0.717) is 25.8 Å². The molecular formula is C17H23NO3. The molecule has 1 aromatic rings. The molecule has 114 valence electrons. The molecule has 0 fully saturated rings. The summed E-state index contributed by atoms with van der Waals surface area (Å²) in [5, 5.41) is 11.5. The molecule has 0 aromatic heterocycles. The molecule has 1 rings (SSSR count). The van der Waals surface area contributed by atoms with Crippen LogP contribution in [0.25, 0.3) is 0 Å². The van der Waals surface area contributed by atoms with Gasteiger partial charge in [0, 0.05) is 19.4 Å². The number of hydrogen-bond donors (Lipinski definition) is 2. The largest absolute Gasteiger partial charge is 0.481 e. The van der Waals surface area contributed by atoms with Crippen molar-refractivity contribution in [3.8, 4) is 0 Å². The number of allylic oxidation sites excluding steroid dienone is 1. The highest BCUT2D eigenvalue weighted by molar-refractivity contribution is 5.75. The van der Waals surface area contributed by atoms with Crippen molar-refractivity contribution in [3.63, 3.8) is 0 Å². The lowest BCUT2D eigenvalue weighted by Crippen LogP contribution is -2.23. The molecule has 4 heteroatoms. The number of carbonyl (C=O) groups excluding carboxylic acids is 1. The van der Waals surface area contributed by atoms with E-state index in [1.807, 2.05) is 36.4 Å². The quantitative estimate of drug-likeness (QED) is 0.650. The average molecular weight is 289 g/mol. The van der Waals surface area contributed by atoms with Gasteiger partial charge in [0.2, 0.25) is 5.91 Å². The highest BCUT2D eigenvalue weighted by Crippen LogP contribution is 2.16. The molecule has 1 amide bonds. The number of nitrogens with one attached hydrogen (secondary N) is 1. The Morgan fingerprint density at radius 2 is 1.90 bits per heavy atom. The Kier molecular flexibility index (Phi) is 7.87. The molecule has 0 radical (unpaired) electrons. The Labute approximate surface area is 125 Å². The number of carboxylic acids is 1. The maximum Gasteiger partial charge on any atom is 0.303 e. The van der Waals surface area contributed by atoms with Crippen LogP contribution in [-0.2, 0) is 16.1 Å². The third-order valence-corrected chi connectivity index (χ3v) is 3.37. The topological polar surface area (TPSA) is 66.4 Å². The van der Waals surface area contributed by atoms with E-state index in [-0.39, 0.29) is 18.2 Å². The highest BCUT2D eigenvalue weighted by Gasteiger charge is 2.09. The maximum atomic E-state index is 11.8. The second-order valence-electron chi connectivity index (χ2n) is 5.08. The summed E-state index contributed by atoms with van der Waals surface area (Å²) < 4.78 is 0. The minimum Gasteiger partial charge on any atom is -0.481 e. The smallest absolute Gasteiger partial charge is 0.303 e. The number of hydrogen-bond acceptors (Lipinski definition) is 2. The van der Waals surface area contributed by atoms with Crippen molar-refractivity contribution in [2.24, 2.45) is 5.92 Å². The number of carbonyl (C=O) groups is 2. The Morgan fingerprint density at radius 3 is 2.52 bits per heavy atom. The molecule has 0 aliphatic carbocycles. The van der Waals surface area contributed by atoms with Crippen molar-refractivity contribution in [1.82, 2.24) is 5.32 Å². The summed E-state index contributed by atoms with van der Waals surface area (Å²) in [7, 11) is 0. The van der Waals surface area contributed by atoms with E-state index < -0.39 is 5.97 Å². The summed E-state index contributed by atoms with van der Waals surface area (Å²) in [5.41, 5.74) is 1.08. The van der Waals surface area contributed by atoms with Gasteiger partial charge in [-0.05, 0) is 30.7 Å². The van der Waals surface area contributed by atoms with Gasteiger partial charge in [-0.2, -0.15) is 0 Å². The molecule has 1 aromatic carbocycles. The molecule has 1 atom stereocenters. The Morgan fingerprint density at radius 1 is 1.19 bits per heavy atom. The van der Waals surface area contributed by atoms with E-state index in [9.17, 15) is 9.59 Å². The van der Waals surface area contributed by atoms with Gasteiger partial charge >= 0.3 is 5.97 Å².